The molecule has 8 nitrogen and oxygen atoms in total. The summed E-state index contributed by atoms with van der Waals surface area (Å²) in [4.78, 5) is 36.0. The highest BCUT2D eigenvalue weighted by molar-refractivity contribution is 8.00. The van der Waals surface area contributed by atoms with E-state index in [0.29, 0.717) is 24.6 Å². The van der Waals surface area contributed by atoms with E-state index < -0.39 is 5.50 Å². The summed E-state index contributed by atoms with van der Waals surface area (Å²) < 4.78 is 5.49. The number of benzene rings is 1. The van der Waals surface area contributed by atoms with Crippen LogP contribution in [0.25, 0.3) is 0 Å². The number of amides is 3. The zero-order chi connectivity index (χ0) is 20.4. The van der Waals surface area contributed by atoms with Gasteiger partial charge in [0.15, 0.2) is 0 Å². The van der Waals surface area contributed by atoms with Crippen LogP contribution >= 0.6 is 11.8 Å². The van der Waals surface area contributed by atoms with E-state index in [0.717, 1.165) is 0 Å². The smallest absolute Gasteiger partial charge is 0.234 e. The highest BCUT2D eigenvalue weighted by atomic mass is 32.2. The highest BCUT2D eigenvalue weighted by Gasteiger charge is 2.28. The van der Waals surface area contributed by atoms with Gasteiger partial charge in [-0.05, 0) is 19.1 Å². The molecule has 1 saturated heterocycles. The number of nitrogens with one attached hydrogen (secondary N) is 4. The minimum absolute atomic E-state index is 0.133. The lowest BCUT2D eigenvalue weighted by Crippen LogP contribution is -2.56. The number of rotatable bonds is 10. The topological polar surface area (TPSA) is 109 Å². The van der Waals surface area contributed by atoms with Gasteiger partial charge in [0.25, 0.3) is 0 Å². The molecule has 28 heavy (non-hydrogen) atoms. The molecule has 2 rings (SSSR count). The summed E-state index contributed by atoms with van der Waals surface area (Å²) in [6, 6.07) is 6.93. The quantitative estimate of drug-likeness (QED) is 0.435. The second kappa shape index (κ2) is 11.4. The van der Waals surface area contributed by atoms with Gasteiger partial charge in [0.2, 0.25) is 17.7 Å². The van der Waals surface area contributed by atoms with Gasteiger partial charge >= 0.3 is 0 Å². The first kappa shape index (κ1) is 21.8. The number of ether oxygens (including phenoxy) is 1. The molecule has 1 aliphatic rings. The second-order valence-corrected chi connectivity index (χ2v) is 7.19. The SMILES string of the molecule is C=CCNC(=O)CC1CC(=O)NC(SCC(=O)Nc2ccccc2OCC)N1. The van der Waals surface area contributed by atoms with Crippen molar-refractivity contribution in [2.75, 3.05) is 24.2 Å². The zero-order valence-corrected chi connectivity index (χ0v) is 16.6. The van der Waals surface area contributed by atoms with Crippen molar-refractivity contribution in [1.29, 1.82) is 0 Å². The van der Waals surface area contributed by atoms with E-state index in [4.69, 9.17) is 4.74 Å². The van der Waals surface area contributed by atoms with Crippen LogP contribution in [-0.4, -0.2) is 48.2 Å². The van der Waals surface area contributed by atoms with Crippen molar-refractivity contribution in [3.05, 3.63) is 36.9 Å². The monoisotopic (exact) mass is 406 g/mol. The maximum Gasteiger partial charge on any atom is 0.234 e. The Morgan fingerprint density at radius 1 is 1.36 bits per heavy atom. The fourth-order valence-corrected chi connectivity index (χ4v) is 3.54. The Labute approximate surface area is 168 Å². The van der Waals surface area contributed by atoms with Crippen LogP contribution < -0.4 is 26.0 Å². The first-order valence-electron chi connectivity index (χ1n) is 9.08. The first-order chi connectivity index (χ1) is 13.5. The van der Waals surface area contributed by atoms with Gasteiger partial charge in [0, 0.05) is 25.4 Å². The van der Waals surface area contributed by atoms with E-state index in [2.05, 4.69) is 27.8 Å². The summed E-state index contributed by atoms with van der Waals surface area (Å²) in [5, 5.41) is 11.5. The van der Waals surface area contributed by atoms with Crippen molar-refractivity contribution in [2.45, 2.75) is 31.3 Å². The Kier molecular flexibility index (Phi) is 8.83. The molecular formula is C19H26N4O4S. The van der Waals surface area contributed by atoms with E-state index in [9.17, 15) is 14.4 Å². The van der Waals surface area contributed by atoms with Crippen molar-refractivity contribution in [2.24, 2.45) is 0 Å². The number of para-hydroxylation sites is 2. The van der Waals surface area contributed by atoms with Crippen molar-refractivity contribution < 1.29 is 19.1 Å². The molecule has 9 heteroatoms. The molecule has 0 saturated carbocycles. The molecule has 2 atom stereocenters. The number of anilines is 1. The molecule has 2 unspecified atom stereocenters. The molecule has 0 radical (unpaired) electrons. The average Bonchev–Trinajstić information content (AvgIpc) is 2.66. The van der Waals surface area contributed by atoms with Gasteiger partial charge in [-0.25, -0.2) is 0 Å². The highest BCUT2D eigenvalue weighted by Crippen LogP contribution is 2.24. The van der Waals surface area contributed by atoms with Crippen molar-refractivity contribution in [1.82, 2.24) is 16.0 Å². The third kappa shape index (κ3) is 7.24. The van der Waals surface area contributed by atoms with Gasteiger partial charge in [-0.3, -0.25) is 19.7 Å². The van der Waals surface area contributed by atoms with Crippen molar-refractivity contribution in [3.63, 3.8) is 0 Å². The number of hydrogen-bond acceptors (Lipinski definition) is 6. The van der Waals surface area contributed by atoms with Gasteiger partial charge in [-0.2, -0.15) is 0 Å². The Morgan fingerprint density at radius 2 is 2.14 bits per heavy atom. The van der Waals surface area contributed by atoms with Crippen LogP contribution in [0.4, 0.5) is 5.69 Å². The molecule has 4 N–H and O–H groups in total. The van der Waals surface area contributed by atoms with Gasteiger partial charge < -0.3 is 20.7 Å². The molecule has 1 fully saturated rings. The van der Waals surface area contributed by atoms with Crippen LogP contribution in [0.2, 0.25) is 0 Å². The molecule has 0 aromatic heterocycles. The van der Waals surface area contributed by atoms with E-state index in [1.165, 1.54) is 11.8 Å². The Morgan fingerprint density at radius 3 is 2.89 bits per heavy atom. The molecule has 0 spiro atoms. The predicted molar refractivity (Wildman–Crippen MR) is 110 cm³/mol. The largest absolute Gasteiger partial charge is 0.492 e. The summed E-state index contributed by atoms with van der Waals surface area (Å²) in [5.41, 5.74) is 0.165. The van der Waals surface area contributed by atoms with Crippen LogP contribution in [-0.2, 0) is 14.4 Å². The molecule has 1 aromatic rings. The molecule has 1 aromatic carbocycles. The Bertz CT molecular complexity index is 713. The Balaban J connectivity index is 1.82. The zero-order valence-electron chi connectivity index (χ0n) is 15.8. The van der Waals surface area contributed by atoms with Crippen molar-refractivity contribution >= 4 is 35.2 Å². The standard InChI is InChI=1S/C19H26N4O4S/c1-3-9-20-16(24)10-13-11-17(25)23-19(21-13)28-12-18(26)22-14-7-5-6-8-15(14)27-4-2/h3,5-8,13,19,21H,1,4,9-12H2,2H3,(H,20,24)(H,22,26)(H,23,25). The lowest BCUT2D eigenvalue weighted by molar-refractivity contribution is -0.125. The minimum Gasteiger partial charge on any atom is -0.492 e. The summed E-state index contributed by atoms with van der Waals surface area (Å²) in [6.45, 7) is 6.31. The molecular weight excluding hydrogens is 380 g/mol. The van der Waals surface area contributed by atoms with E-state index in [1.54, 1.807) is 18.2 Å². The van der Waals surface area contributed by atoms with Crippen molar-refractivity contribution in [3.8, 4) is 5.75 Å². The third-order valence-electron chi connectivity index (χ3n) is 3.83. The molecule has 3 amide bonds. The van der Waals surface area contributed by atoms with E-state index in [-0.39, 0.29) is 42.4 Å². The Hall–Kier alpha value is -2.52. The number of carbonyl (C=O) groups excluding carboxylic acids is 3. The summed E-state index contributed by atoms with van der Waals surface area (Å²) in [6.07, 6.45) is 2.00. The fourth-order valence-electron chi connectivity index (χ4n) is 2.64. The summed E-state index contributed by atoms with van der Waals surface area (Å²) in [7, 11) is 0. The molecule has 152 valence electrons. The lowest BCUT2D eigenvalue weighted by Gasteiger charge is -2.30. The number of thioether (sulfide) groups is 1. The minimum atomic E-state index is -0.439. The van der Waals surface area contributed by atoms with Crippen LogP contribution in [0.1, 0.15) is 19.8 Å². The van der Waals surface area contributed by atoms with Crippen LogP contribution in [0.15, 0.2) is 36.9 Å². The normalized spacial score (nSPS) is 18.7. The second-order valence-electron chi connectivity index (χ2n) is 6.10. The van der Waals surface area contributed by atoms with Crippen LogP contribution in [0.3, 0.4) is 0 Å². The molecule has 1 aliphatic heterocycles. The van der Waals surface area contributed by atoms with E-state index in [1.807, 2.05) is 19.1 Å². The van der Waals surface area contributed by atoms with Crippen LogP contribution in [0, 0.1) is 0 Å². The predicted octanol–water partition coefficient (Wildman–Crippen LogP) is 1.21. The molecule has 0 aliphatic carbocycles. The van der Waals surface area contributed by atoms with Crippen LogP contribution in [0.5, 0.6) is 5.75 Å². The number of hydrogen-bond donors (Lipinski definition) is 4. The fraction of sp³-hybridized carbons (Fsp3) is 0.421. The first-order valence-corrected chi connectivity index (χ1v) is 10.1. The molecule has 0 bridgehead atoms. The maximum absolute atomic E-state index is 12.3. The van der Waals surface area contributed by atoms with Gasteiger partial charge in [-0.15, -0.1) is 18.3 Å². The van der Waals surface area contributed by atoms with E-state index >= 15 is 0 Å². The average molecular weight is 407 g/mol. The van der Waals surface area contributed by atoms with Gasteiger partial charge in [0.05, 0.1) is 18.0 Å². The van der Waals surface area contributed by atoms with Gasteiger partial charge in [0.1, 0.15) is 11.2 Å². The third-order valence-corrected chi connectivity index (χ3v) is 4.84. The molecule has 1 heterocycles. The summed E-state index contributed by atoms with van der Waals surface area (Å²) >= 11 is 1.25. The maximum atomic E-state index is 12.3. The van der Waals surface area contributed by atoms with Gasteiger partial charge in [-0.1, -0.05) is 18.2 Å². The summed E-state index contributed by atoms with van der Waals surface area (Å²) in [5.74, 6) is 0.228. The lowest BCUT2D eigenvalue weighted by atomic mass is 10.1. The number of carbonyl (C=O) groups is 3.